The zero-order valence-corrected chi connectivity index (χ0v) is 43.1. The third kappa shape index (κ3) is 10.9. The fourth-order valence-electron chi connectivity index (χ4n) is 10.1. The number of piperidine rings is 1. The second-order valence-electron chi connectivity index (χ2n) is 19.7. The molecule has 4 aromatic heterocycles. The van der Waals surface area contributed by atoms with Gasteiger partial charge in [0, 0.05) is 78.7 Å². The van der Waals surface area contributed by atoms with Gasteiger partial charge >= 0.3 is 12.3 Å². The number of aromatic nitrogens is 8. The van der Waals surface area contributed by atoms with Crippen LogP contribution in [0.2, 0.25) is 0 Å². The van der Waals surface area contributed by atoms with Crippen molar-refractivity contribution in [2.45, 2.75) is 83.7 Å². The summed E-state index contributed by atoms with van der Waals surface area (Å²) in [7, 11) is 2.93. The molecule has 1 atom stereocenters. The molecule has 3 aliphatic rings. The van der Waals surface area contributed by atoms with Crippen LogP contribution in [-0.2, 0) is 53.5 Å². The van der Waals surface area contributed by atoms with E-state index in [9.17, 15) is 32.7 Å². The second kappa shape index (κ2) is 21.6. The maximum atomic E-state index is 13.0. The number of methoxy groups -OCH3 is 1. The van der Waals surface area contributed by atoms with Crippen molar-refractivity contribution in [3.05, 3.63) is 173 Å². The number of nitrogens with zero attached hydrogens (tertiary/aromatic N) is 11. The first-order chi connectivity index (χ1) is 37.0. The van der Waals surface area contributed by atoms with Crippen molar-refractivity contribution in [3.63, 3.8) is 0 Å². The Balaban J connectivity index is 0.000000176. The third-order valence-corrected chi connectivity index (χ3v) is 14.2. The molecule has 16 nitrogen and oxygen atoms in total. The smallest absolute Gasteiger partial charge is 0.434 e. The molecule has 0 saturated carbocycles. The summed E-state index contributed by atoms with van der Waals surface area (Å²) in [5, 5.41) is 15.0. The Labute approximate surface area is 442 Å². The van der Waals surface area contributed by atoms with Crippen LogP contribution in [0, 0.1) is 0 Å². The van der Waals surface area contributed by atoms with E-state index in [2.05, 4.69) is 45.9 Å². The Morgan fingerprint density at radius 2 is 1.26 bits per heavy atom. The Bertz CT molecular complexity index is 3480. The normalized spacial score (nSPS) is 14.9. The quantitative estimate of drug-likeness (QED) is 0.130. The van der Waals surface area contributed by atoms with Gasteiger partial charge in [-0.3, -0.25) is 19.4 Å². The van der Waals surface area contributed by atoms with Gasteiger partial charge in [-0.2, -0.15) is 18.3 Å². The van der Waals surface area contributed by atoms with Gasteiger partial charge in [-0.25, -0.2) is 34.4 Å². The molecule has 1 saturated heterocycles. The summed E-state index contributed by atoms with van der Waals surface area (Å²) in [6, 6.07) is 32.5. The van der Waals surface area contributed by atoms with Gasteiger partial charge in [0.2, 0.25) is 11.8 Å². The van der Waals surface area contributed by atoms with Crippen LogP contribution in [0.5, 0.6) is 0 Å². The number of aryl methyl sites for hydroxylation is 1. The number of fused-ring (bicyclic) bond motifs is 2. The molecule has 394 valence electrons. The van der Waals surface area contributed by atoms with E-state index in [0.29, 0.717) is 83.4 Å². The molecule has 1 fully saturated rings. The molecule has 3 aliphatic heterocycles. The SMILES string of the molecule is CC(O)c1ccccc1-c1ncc2c(n1)N(Cc1ccc(-c3nc(C(F)(F)F)cn3C)cc1)C(=O)C2.COC(=O)N1CCC(c2ccn(-c3ccc(CN4C(=O)Cc5cnc(-c6ccccc6C(C)C)nc54)cc3)n2)CC1. The summed E-state index contributed by atoms with van der Waals surface area (Å²) < 4.78 is 47.1. The lowest BCUT2D eigenvalue weighted by Crippen LogP contribution is -2.37. The lowest BCUT2D eigenvalue weighted by molar-refractivity contribution is -0.141. The summed E-state index contributed by atoms with van der Waals surface area (Å²) >= 11 is 0. The number of aliphatic hydroxyl groups excluding tert-OH is 1. The maximum Gasteiger partial charge on any atom is 0.434 e. The van der Waals surface area contributed by atoms with Gasteiger partial charge in [-0.15, -0.1) is 0 Å². The number of ether oxygens (including phenoxy) is 1. The van der Waals surface area contributed by atoms with Crippen molar-refractivity contribution in [2.75, 3.05) is 30.0 Å². The maximum absolute atomic E-state index is 13.0. The van der Waals surface area contributed by atoms with Gasteiger partial charge in [-0.05, 0) is 66.1 Å². The molecule has 0 aliphatic carbocycles. The number of imidazole rings is 1. The Hall–Kier alpha value is -8.58. The molecular weight excluding hydrogens is 988 g/mol. The number of hydrogen-bond acceptors (Lipinski definition) is 11. The van der Waals surface area contributed by atoms with E-state index >= 15 is 0 Å². The zero-order valence-electron chi connectivity index (χ0n) is 43.1. The van der Waals surface area contributed by atoms with Crippen LogP contribution in [0.15, 0.2) is 128 Å². The van der Waals surface area contributed by atoms with Gasteiger partial charge in [0.25, 0.3) is 0 Å². The number of halogens is 3. The number of carbonyl (C=O) groups excluding carboxylic acids is 3. The van der Waals surface area contributed by atoms with Crippen LogP contribution in [0.25, 0.3) is 39.9 Å². The summed E-state index contributed by atoms with van der Waals surface area (Å²) in [6.07, 6.45) is 3.10. The summed E-state index contributed by atoms with van der Waals surface area (Å²) in [5.74, 6) is 3.02. The van der Waals surface area contributed by atoms with Crippen LogP contribution >= 0.6 is 0 Å². The number of carbonyl (C=O) groups is 3. The highest BCUT2D eigenvalue weighted by atomic mass is 19.4. The lowest BCUT2D eigenvalue weighted by Gasteiger charge is -2.30. The number of amides is 3. The number of benzene rings is 4. The minimum atomic E-state index is -4.52. The Morgan fingerprint density at radius 1 is 0.727 bits per heavy atom. The van der Waals surface area contributed by atoms with E-state index < -0.39 is 18.0 Å². The van der Waals surface area contributed by atoms with E-state index in [1.54, 1.807) is 64.3 Å². The minimum absolute atomic E-state index is 0.0302. The first-order valence-corrected chi connectivity index (χ1v) is 25.4. The van der Waals surface area contributed by atoms with Crippen LogP contribution in [0.4, 0.5) is 29.6 Å². The van der Waals surface area contributed by atoms with Crippen molar-refractivity contribution in [1.82, 2.24) is 44.2 Å². The highest BCUT2D eigenvalue weighted by molar-refractivity contribution is 6.01. The van der Waals surface area contributed by atoms with E-state index in [0.717, 1.165) is 52.7 Å². The average Bonchev–Trinajstić information content (AvgIpc) is 4.25. The van der Waals surface area contributed by atoms with E-state index in [1.807, 2.05) is 71.5 Å². The standard InChI is InChI=1S/C32H34N6O3.C26H22F3N5O2/c1-21(2)26-6-4-5-7-27(26)30-33-19-24-18-29(39)37(31(24)34-30)20-22-8-10-25(11-9-22)38-17-14-28(35-38)23-12-15-36(16-13-23)32(40)41-3;1-15(35)19-5-3-4-6-20(19)23-30-12-18-11-22(36)34(25(18)32-23)13-16-7-9-17(10-8-16)24-31-21(14-33(24)2)26(27,28)29/h4-11,14,17,19,21,23H,12-13,15-16,18,20H2,1-3H3;3-10,12,14-15,35H,11,13H2,1-2H3. The topological polar surface area (TPSA) is 178 Å². The molecule has 1 unspecified atom stereocenters. The molecule has 0 spiro atoms. The monoisotopic (exact) mass is 1040 g/mol. The van der Waals surface area contributed by atoms with Crippen molar-refractivity contribution in [2.24, 2.45) is 7.05 Å². The number of alkyl halides is 3. The fraction of sp³-hybridized carbons (Fsp3) is 0.293. The summed E-state index contributed by atoms with van der Waals surface area (Å²) in [6.45, 7) is 8.02. The zero-order chi connectivity index (χ0) is 54.1. The molecule has 8 aromatic rings. The van der Waals surface area contributed by atoms with Crippen LogP contribution in [0.3, 0.4) is 0 Å². The predicted octanol–water partition coefficient (Wildman–Crippen LogP) is 10.2. The van der Waals surface area contributed by atoms with Gasteiger partial charge < -0.3 is 19.3 Å². The number of anilines is 2. The largest absolute Gasteiger partial charge is 0.453 e. The first-order valence-electron chi connectivity index (χ1n) is 25.4. The summed E-state index contributed by atoms with van der Waals surface area (Å²) in [4.78, 5) is 64.9. The molecule has 11 rings (SSSR count). The van der Waals surface area contributed by atoms with Gasteiger partial charge in [-0.1, -0.05) is 98.8 Å². The number of likely N-dealkylation sites (tertiary alicyclic amines) is 1. The molecule has 0 radical (unpaired) electrons. The van der Waals surface area contributed by atoms with Gasteiger partial charge in [0.1, 0.15) is 17.5 Å². The van der Waals surface area contributed by atoms with Crippen molar-refractivity contribution in [3.8, 4) is 39.9 Å². The van der Waals surface area contributed by atoms with E-state index in [-0.39, 0.29) is 36.7 Å². The highest BCUT2D eigenvalue weighted by Gasteiger charge is 2.35. The Morgan fingerprint density at radius 3 is 1.78 bits per heavy atom. The van der Waals surface area contributed by atoms with E-state index in [4.69, 9.17) is 14.8 Å². The molecule has 77 heavy (non-hydrogen) atoms. The first kappa shape index (κ1) is 51.9. The van der Waals surface area contributed by atoms with Crippen LogP contribution < -0.4 is 9.80 Å². The second-order valence-corrected chi connectivity index (χ2v) is 19.7. The molecule has 19 heteroatoms. The number of hydrogen-bond donors (Lipinski definition) is 1. The fourth-order valence-corrected chi connectivity index (χ4v) is 10.1. The van der Waals surface area contributed by atoms with Crippen molar-refractivity contribution >= 4 is 29.5 Å². The van der Waals surface area contributed by atoms with Crippen molar-refractivity contribution in [1.29, 1.82) is 0 Å². The number of aliphatic hydroxyl groups is 1. The van der Waals surface area contributed by atoms with Crippen molar-refractivity contribution < 1.29 is 37.4 Å². The summed E-state index contributed by atoms with van der Waals surface area (Å²) in [5.41, 5.74) is 8.51. The Kier molecular flexibility index (Phi) is 14.5. The molecular formula is C58H56F3N11O5. The molecule has 3 amide bonds. The number of rotatable bonds is 11. The minimum Gasteiger partial charge on any atom is -0.453 e. The lowest BCUT2D eigenvalue weighted by atomic mass is 9.94. The van der Waals surface area contributed by atoms with Crippen LogP contribution in [0.1, 0.15) is 96.3 Å². The third-order valence-electron chi connectivity index (χ3n) is 14.2. The average molecular weight is 1040 g/mol. The molecule has 7 heterocycles. The van der Waals surface area contributed by atoms with E-state index in [1.165, 1.54) is 24.3 Å². The van der Waals surface area contributed by atoms with Crippen LogP contribution in [-0.4, -0.2) is 87.4 Å². The molecule has 4 aromatic carbocycles. The van der Waals surface area contributed by atoms with Gasteiger partial charge in [0.05, 0.1) is 50.5 Å². The molecule has 1 N–H and O–H groups in total. The predicted molar refractivity (Wildman–Crippen MR) is 283 cm³/mol. The van der Waals surface area contributed by atoms with Gasteiger partial charge in [0.15, 0.2) is 17.3 Å². The highest BCUT2D eigenvalue weighted by Crippen LogP contribution is 2.36. The molecule has 0 bridgehead atoms.